The fourth-order valence-electron chi connectivity index (χ4n) is 1.62. The van der Waals surface area contributed by atoms with E-state index in [0.29, 0.717) is 17.0 Å². The van der Waals surface area contributed by atoms with Crippen molar-refractivity contribution in [3.8, 4) is 0 Å². The first-order chi connectivity index (χ1) is 7.64. The number of hydrogen-bond acceptors (Lipinski definition) is 4. The van der Waals surface area contributed by atoms with Crippen LogP contribution in [0.25, 0.3) is 0 Å². The largest absolute Gasteiger partial charge is 0.368 e. The van der Waals surface area contributed by atoms with Crippen molar-refractivity contribution in [3.05, 3.63) is 17.0 Å². The van der Waals surface area contributed by atoms with Crippen molar-refractivity contribution in [1.82, 2.24) is 14.9 Å². The summed E-state index contributed by atoms with van der Waals surface area (Å²) in [6, 6.07) is 0. The van der Waals surface area contributed by atoms with E-state index in [2.05, 4.69) is 9.97 Å². The summed E-state index contributed by atoms with van der Waals surface area (Å²) in [5.74, 6) is 0.121. The molecule has 0 saturated heterocycles. The highest BCUT2D eigenvalue weighted by molar-refractivity contribution is 5.96. The Hall–Kier alpha value is -1.65. The molecule has 0 aliphatic carbocycles. The van der Waals surface area contributed by atoms with Crippen molar-refractivity contribution < 1.29 is 4.79 Å². The van der Waals surface area contributed by atoms with Crippen LogP contribution in [0.4, 0.5) is 5.95 Å². The minimum atomic E-state index is -0.247. The van der Waals surface area contributed by atoms with Crippen LogP contribution in [0.1, 0.15) is 42.5 Å². The predicted molar refractivity (Wildman–Crippen MR) is 67.9 cm³/mol. The molecular weight excluding hydrogens is 216 g/mol. The average molecular weight is 236 g/mol. The lowest BCUT2D eigenvalue weighted by atomic mass is 9.87. The summed E-state index contributed by atoms with van der Waals surface area (Å²) in [7, 11) is 3.43. The molecule has 94 valence electrons. The maximum absolute atomic E-state index is 12.1. The number of nitrogens with zero attached hydrogens (tertiary/aromatic N) is 3. The van der Waals surface area contributed by atoms with E-state index in [-0.39, 0.29) is 17.3 Å². The van der Waals surface area contributed by atoms with Gasteiger partial charge in [0.15, 0.2) is 0 Å². The number of hydrogen-bond donors (Lipinski definition) is 1. The number of anilines is 1. The number of nitrogens with two attached hydrogens (primary N) is 1. The summed E-state index contributed by atoms with van der Waals surface area (Å²) in [5, 5.41) is 0. The fraction of sp³-hybridized carbons (Fsp3) is 0.583. The number of carbonyl (C=O) groups excluding carboxylic acids is 1. The van der Waals surface area contributed by atoms with Gasteiger partial charge in [0.1, 0.15) is 0 Å². The molecule has 0 radical (unpaired) electrons. The molecule has 5 nitrogen and oxygen atoms in total. The molecule has 0 unspecified atom stereocenters. The highest BCUT2D eigenvalue weighted by Crippen LogP contribution is 2.26. The Bertz CT molecular complexity index is 447. The van der Waals surface area contributed by atoms with E-state index < -0.39 is 0 Å². The van der Waals surface area contributed by atoms with E-state index >= 15 is 0 Å². The molecule has 1 aromatic rings. The van der Waals surface area contributed by atoms with Crippen LogP contribution in [0.5, 0.6) is 0 Å². The number of rotatable bonds is 1. The van der Waals surface area contributed by atoms with Crippen molar-refractivity contribution in [2.75, 3.05) is 19.8 Å². The molecule has 0 saturated carbocycles. The van der Waals surface area contributed by atoms with Gasteiger partial charge in [0, 0.05) is 19.5 Å². The normalized spacial score (nSPS) is 11.4. The number of amides is 1. The van der Waals surface area contributed by atoms with Gasteiger partial charge in [0.2, 0.25) is 5.95 Å². The Morgan fingerprint density at radius 3 is 2.18 bits per heavy atom. The third kappa shape index (κ3) is 2.72. The topological polar surface area (TPSA) is 72.1 Å². The molecule has 1 aromatic heterocycles. The number of nitrogen functional groups attached to an aromatic ring is 1. The molecule has 0 atom stereocenters. The molecule has 0 aliphatic heterocycles. The highest BCUT2D eigenvalue weighted by atomic mass is 16.2. The fourth-order valence-corrected chi connectivity index (χ4v) is 1.62. The van der Waals surface area contributed by atoms with Crippen LogP contribution in [-0.4, -0.2) is 34.9 Å². The molecule has 1 rings (SSSR count). The second-order valence-corrected chi connectivity index (χ2v) is 5.34. The molecule has 17 heavy (non-hydrogen) atoms. The summed E-state index contributed by atoms with van der Waals surface area (Å²) in [6.07, 6.45) is 0. The summed E-state index contributed by atoms with van der Waals surface area (Å²) in [5.41, 5.74) is 7.28. The third-order valence-electron chi connectivity index (χ3n) is 2.44. The lowest BCUT2D eigenvalue weighted by molar-refractivity contribution is 0.0823. The van der Waals surface area contributed by atoms with Gasteiger partial charge in [-0.2, -0.15) is 0 Å². The summed E-state index contributed by atoms with van der Waals surface area (Å²) >= 11 is 0. The molecule has 0 bridgehead atoms. The van der Waals surface area contributed by atoms with Crippen LogP contribution in [0.15, 0.2) is 0 Å². The van der Waals surface area contributed by atoms with Gasteiger partial charge in [-0.1, -0.05) is 20.8 Å². The number of carbonyl (C=O) groups is 1. The van der Waals surface area contributed by atoms with Crippen LogP contribution in [0, 0.1) is 6.92 Å². The first kappa shape index (κ1) is 13.4. The van der Waals surface area contributed by atoms with Gasteiger partial charge in [-0.05, 0) is 6.92 Å². The molecule has 0 aliphatic rings. The Balaban J connectivity index is 3.52. The third-order valence-corrected chi connectivity index (χ3v) is 2.44. The van der Waals surface area contributed by atoms with Gasteiger partial charge in [-0.25, -0.2) is 9.97 Å². The molecular formula is C12H20N4O. The van der Waals surface area contributed by atoms with Gasteiger partial charge >= 0.3 is 0 Å². The van der Waals surface area contributed by atoms with E-state index in [1.807, 2.05) is 20.8 Å². The second kappa shape index (κ2) is 4.31. The first-order valence-corrected chi connectivity index (χ1v) is 5.51. The van der Waals surface area contributed by atoms with Crippen molar-refractivity contribution >= 4 is 11.9 Å². The van der Waals surface area contributed by atoms with E-state index in [9.17, 15) is 4.79 Å². The maximum Gasteiger partial charge on any atom is 0.257 e. The molecule has 1 heterocycles. The van der Waals surface area contributed by atoms with Crippen LogP contribution >= 0.6 is 0 Å². The summed E-state index contributed by atoms with van der Waals surface area (Å²) in [6.45, 7) is 7.78. The van der Waals surface area contributed by atoms with Crippen molar-refractivity contribution in [2.45, 2.75) is 33.1 Å². The Labute approximate surface area is 102 Å². The monoisotopic (exact) mass is 236 g/mol. The minimum Gasteiger partial charge on any atom is -0.368 e. The lowest BCUT2D eigenvalue weighted by Gasteiger charge is -2.23. The van der Waals surface area contributed by atoms with Crippen LogP contribution in [0.3, 0.4) is 0 Å². The number of aromatic nitrogens is 2. The zero-order valence-electron chi connectivity index (χ0n) is 11.3. The van der Waals surface area contributed by atoms with E-state index in [1.54, 1.807) is 21.0 Å². The van der Waals surface area contributed by atoms with E-state index in [1.165, 1.54) is 4.90 Å². The van der Waals surface area contributed by atoms with Gasteiger partial charge in [-0.3, -0.25) is 4.79 Å². The van der Waals surface area contributed by atoms with Crippen LogP contribution in [-0.2, 0) is 5.41 Å². The van der Waals surface area contributed by atoms with Gasteiger partial charge in [0.25, 0.3) is 5.91 Å². The van der Waals surface area contributed by atoms with Crippen LogP contribution < -0.4 is 5.73 Å². The maximum atomic E-state index is 12.1. The van der Waals surface area contributed by atoms with Gasteiger partial charge < -0.3 is 10.6 Å². The van der Waals surface area contributed by atoms with E-state index in [0.717, 1.165) is 0 Å². The van der Waals surface area contributed by atoms with Crippen molar-refractivity contribution in [1.29, 1.82) is 0 Å². The van der Waals surface area contributed by atoms with Gasteiger partial charge in [0.05, 0.1) is 17.0 Å². The van der Waals surface area contributed by atoms with Gasteiger partial charge in [-0.15, -0.1) is 0 Å². The quantitative estimate of drug-likeness (QED) is 0.799. The highest BCUT2D eigenvalue weighted by Gasteiger charge is 2.27. The first-order valence-electron chi connectivity index (χ1n) is 5.51. The molecule has 0 aromatic carbocycles. The SMILES string of the molecule is Cc1nc(N)nc(C(C)(C)C)c1C(=O)N(C)C. The summed E-state index contributed by atoms with van der Waals surface area (Å²) < 4.78 is 0. The smallest absolute Gasteiger partial charge is 0.257 e. The molecule has 5 heteroatoms. The van der Waals surface area contributed by atoms with Crippen LogP contribution in [0.2, 0.25) is 0 Å². The molecule has 0 spiro atoms. The Morgan fingerprint density at radius 2 is 1.76 bits per heavy atom. The standard InChI is InChI=1S/C12H20N4O/c1-7-8(10(17)16(5)6)9(12(2,3)4)15-11(13)14-7/h1-6H3,(H2,13,14,15). The lowest BCUT2D eigenvalue weighted by Crippen LogP contribution is -2.29. The average Bonchev–Trinajstić information content (AvgIpc) is 2.14. The zero-order valence-corrected chi connectivity index (χ0v) is 11.3. The molecule has 0 fully saturated rings. The molecule has 2 N–H and O–H groups in total. The zero-order chi connectivity index (χ0) is 13.4. The second-order valence-electron chi connectivity index (χ2n) is 5.34. The van der Waals surface area contributed by atoms with Crippen molar-refractivity contribution in [3.63, 3.8) is 0 Å². The Morgan fingerprint density at radius 1 is 1.24 bits per heavy atom. The summed E-state index contributed by atoms with van der Waals surface area (Å²) in [4.78, 5) is 22.0. The van der Waals surface area contributed by atoms with E-state index in [4.69, 9.17) is 5.73 Å². The minimum absolute atomic E-state index is 0.0903. The molecule has 1 amide bonds. The van der Waals surface area contributed by atoms with Crippen molar-refractivity contribution in [2.24, 2.45) is 0 Å². The Kier molecular flexibility index (Phi) is 3.40. The number of aryl methyl sites for hydroxylation is 1. The predicted octanol–water partition coefficient (Wildman–Crippen LogP) is 1.37.